The molecule has 0 saturated heterocycles. The fourth-order valence-electron chi connectivity index (χ4n) is 4.14. The first-order valence-corrected chi connectivity index (χ1v) is 7.26. The van der Waals surface area contributed by atoms with Crippen molar-refractivity contribution in [3.8, 4) is 0 Å². The number of hydrogen-bond acceptors (Lipinski definition) is 3. The van der Waals surface area contributed by atoms with E-state index in [0.717, 1.165) is 19.3 Å². The molecule has 0 N–H and O–H groups in total. The van der Waals surface area contributed by atoms with Gasteiger partial charge in [0.1, 0.15) is 0 Å². The van der Waals surface area contributed by atoms with Gasteiger partial charge in [-0.15, -0.1) is 0 Å². The van der Waals surface area contributed by atoms with E-state index in [4.69, 9.17) is 4.74 Å². The lowest BCUT2D eigenvalue weighted by Gasteiger charge is -2.53. The minimum Gasteiger partial charge on any atom is -0.465 e. The molecule has 2 aliphatic carbocycles. The summed E-state index contributed by atoms with van der Waals surface area (Å²) in [6.45, 7) is 10.5. The minimum absolute atomic E-state index is 0.0435. The average Bonchev–Trinajstić information content (AvgIpc) is 2.34. The second kappa shape index (κ2) is 4.77. The van der Waals surface area contributed by atoms with Crippen LogP contribution in [0.15, 0.2) is 12.2 Å². The summed E-state index contributed by atoms with van der Waals surface area (Å²) in [5.74, 6) is -0.00849. The molecular weight excluding hydrogens is 240 g/mol. The van der Waals surface area contributed by atoms with E-state index in [9.17, 15) is 9.59 Å². The Morgan fingerprint density at radius 2 is 2.11 bits per heavy atom. The lowest BCUT2D eigenvalue weighted by Crippen LogP contribution is -2.54. The monoisotopic (exact) mass is 264 g/mol. The van der Waals surface area contributed by atoms with Crippen LogP contribution in [0.25, 0.3) is 0 Å². The van der Waals surface area contributed by atoms with E-state index in [0.29, 0.717) is 25.0 Å². The quantitative estimate of drug-likeness (QED) is 0.568. The van der Waals surface area contributed by atoms with Crippen molar-refractivity contribution in [3.05, 3.63) is 12.2 Å². The Labute approximate surface area is 115 Å². The van der Waals surface area contributed by atoms with Crippen LogP contribution in [-0.4, -0.2) is 18.4 Å². The van der Waals surface area contributed by atoms with Gasteiger partial charge >= 0.3 is 5.97 Å². The summed E-state index contributed by atoms with van der Waals surface area (Å²) in [4.78, 5) is 24.6. The Hall–Kier alpha value is -1.12. The molecule has 3 heteroatoms. The molecule has 0 amide bonds. The Balaban J connectivity index is 2.48. The van der Waals surface area contributed by atoms with Crippen LogP contribution in [0.2, 0.25) is 0 Å². The normalized spacial score (nSPS) is 33.7. The maximum Gasteiger partial charge on any atom is 0.316 e. The van der Waals surface area contributed by atoms with Crippen molar-refractivity contribution >= 4 is 11.8 Å². The van der Waals surface area contributed by atoms with E-state index in [1.165, 1.54) is 0 Å². The van der Waals surface area contributed by atoms with Gasteiger partial charge in [0.05, 0.1) is 12.0 Å². The first-order valence-electron chi connectivity index (χ1n) is 7.26. The SMILES string of the molecule is C=C1C(=O)CC[C@H]2C(C)(C)CCC[C@]12C(=O)OCC. The third-order valence-corrected chi connectivity index (χ3v) is 5.11. The number of ether oxygens (including phenoxy) is 1. The molecule has 2 saturated carbocycles. The molecule has 0 bridgehead atoms. The topological polar surface area (TPSA) is 43.4 Å². The number of rotatable bonds is 2. The first-order chi connectivity index (χ1) is 8.86. The fourth-order valence-corrected chi connectivity index (χ4v) is 4.14. The molecule has 0 radical (unpaired) electrons. The molecule has 0 aromatic rings. The van der Waals surface area contributed by atoms with E-state index in [2.05, 4.69) is 20.4 Å². The van der Waals surface area contributed by atoms with Crippen LogP contribution in [0.1, 0.15) is 52.9 Å². The second-order valence-electron chi connectivity index (χ2n) is 6.53. The van der Waals surface area contributed by atoms with E-state index in [1.807, 2.05) is 6.92 Å². The number of Topliss-reactive ketones (excluding diaryl/α,β-unsaturated/α-hetero) is 1. The van der Waals surface area contributed by atoms with Gasteiger partial charge in [-0.1, -0.05) is 26.8 Å². The number of ketones is 1. The van der Waals surface area contributed by atoms with Gasteiger partial charge in [-0.2, -0.15) is 0 Å². The lowest BCUT2D eigenvalue weighted by atomic mass is 9.49. The highest BCUT2D eigenvalue weighted by atomic mass is 16.5. The molecule has 0 aromatic heterocycles. The van der Waals surface area contributed by atoms with Gasteiger partial charge in [0.2, 0.25) is 0 Å². The van der Waals surface area contributed by atoms with Crippen molar-refractivity contribution in [1.82, 2.24) is 0 Å². The van der Waals surface area contributed by atoms with Crippen LogP contribution in [0.4, 0.5) is 0 Å². The minimum atomic E-state index is -0.757. The molecule has 2 atom stereocenters. The summed E-state index contributed by atoms with van der Waals surface area (Å²) in [6.07, 6.45) is 4.07. The fraction of sp³-hybridized carbons (Fsp3) is 0.750. The highest BCUT2D eigenvalue weighted by molar-refractivity contribution is 6.03. The molecule has 0 aliphatic heterocycles. The number of fused-ring (bicyclic) bond motifs is 1. The van der Waals surface area contributed by atoms with Gasteiger partial charge in [0, 0.05) is 12.0 Å². The number of esters is 1. The highest BCUT2D eigenvalue weighted by Gasteiger charge is 2.59. The van der Waals surface area contributed by atoms with Crippen LogP contribution in [-0.2, 0) is 14.3 Å². The molecule has 106 valence electrons. The van der Waals surface area contributed by atoms with E-state index in [1.54, 1.807) is 0 Å². The molecule has 2 rings (SSSR count). The number of carbonyl (C=O) groups is 2. The molecule has 2 fully saturated rings. The van der Waals surface area contributed by atoms with Gasteiger partial charge < -0.3 is 4.74 Å². The molecular formula is C16H24O3. The average molecular weight is 264 g/mol. The van der Waals surface area contributed by atoms with Crippen LogP contribution >= 0.6 is 0 Å². The molecule has 0 aromatic carbocycles. The maximum atomic E-state index is 12.6. The maximum absolute atomic E-state index is 12.6. The van der Waals surface area contributed by atoms with E-state index < -0.39 is 5.41 Å². The molecule has 2 aliphatic rings. The summed E-state index contributed by atoms with van der Waals surface area (Å²) >= 11 is 0. The Morgan fingerprint density at radius 1 is 1.42 bits per heavy atom. The molecule has 0 unspecified atom stereocenters. The molecule has 19 heavy (non-hydrogen) atoms. The molecule has 0 heterocycles. The zero-order valence-electron chi connectivity index (χ0n) is 12.3. The zero-order chi connectivity index (χ0) is 14.3. The van der Waals surface area contributed by atoms with Crippen molar-refractivity contribution in [2.45, 2.75) is 52.9 Å². The van der Waals surface area contributed by atoms with Crippen molar-refractivity contribution in [2.24, 2.45) is 16.7 Å². The van der Waals surface area contributed by atoms with Crippen LogP contribution in [0.5, 0.6) is 0 Å². The van der Waals surface area contributed by atoms with Gasteiger partial charge in [0.15, 0.2) is 5.78 Å². The first kappa shape index (κ1) is 14.3. The predicted octanol–water partition coefficient (Wildman–Crippen LogP) is 3.28. The third-order valence-electron chi connectivity index (χ3n) is 5.11. The molecule has 0 spiro atoms. The van der Waals surface area contributed by atoms with Crippen LogP contribution < -0.4 is 0 Å². The van der Waals surface area contributed by atoms with Crippen molar-refractivity contribution < 1.29 is 14.3 Å². The molecule has 3 nitrogen and oxygen atoms in total. The predicted molar refractivity (Wildman–Crippen MR) is 73.6 cm³/mol. The summed E-state index contributed by atoms with van der Waals surface area (Å²) in [6, 6.07) is 0. The largest absolute Gasteiger partial charge is 0.465 e. The Kier molecular flexibility index (Phi) is 3.59. The van der Waals surface area contributed by atoms with Crippen LogP contribution in [0, 0.1) is 16.7 Å². The summed E-state index contributed by atoms with van der Waals surface area (Å²) < 4.78 is 5.30. The van der Waals surface area contributed by atoms with E-state index in [-0.39, 0.29) is 23.1 Å². The van der Waals surface area contributed by atoms with Crippen molar-refractivity contribution in [3.63, 3.8) is 0 Å². The summed E-state index contributed by atoms with van der Waals surface area (Å²) in [5, 5.41) is 0. The Morgan fingerprint density at radius 3 is 2.74 bits per heavy atom. The van der Waals surface area contributed by atoms with Crippen molar-refractivity contribution in [2.75, 3.05) is 6.61 Å². The summed E-state index contributed by atoms with van der Waals surface area (Å²) in [7, 11) is 0. The van der Waals surface area contributed by atoms with Gasteiger partial charge in [0.25, 0.3) is 0 Å². The van der Waals surface area contributed by atoms with Crippen LogP contribution in [0.3, 0.4) is 0 Å². The Bertz CT molecular complexity index is 422. The van der Waals surface area contributed by atoms with Gasteiger partial charge in [-0.25, -0.2) is 0 Å². The zero-order valence-corrected chi connectivity index (χ0v) is 12.3. The van der Waals surface area contributed by atoms with Gasteiger partial charge in [-0.05, 0) is 37.5 Å². The third kappa shape index (κ3) is 2.03. The van der Waals surface area contributed by atoms with Crippen molar-refractivity contribution in [1.29, 1.82) is 0 Å². The lowest BCUT2D eigenvalue weighted by molar-refractivity contribution is -0.166. The highest BCUT2D eigenvalue weighted by Crippen LogP contribution is 2.59. The standard InChI is InChI=1S/C16H24O3/c1-5-19-14(18)16-10-6-9-15(3,4)13(16)8-7-12(17)11(16)2/h13H,2,5-10H2,1,3-4H3/t13-,16-/m0/s1. The summed E-state index contributed by atoms with van der Waals surface area (Å²) in [5.41, 5.74) is -0.197. The van der Waals surface area contributed by atoms with Gasteiger partial charge in [-0.3, -0.25) is 9.59 Å². The number of hydrogen-bond donors (Lipinski definition) is 0. The smallest absolute Gasteiger partial charge is 0.316 e. The second-order valence-corrected chi connectivity index (χ2v) is 6.53. The number of carbonyl (C=O) groups excluding carboxylic acids is 2. The van der Waals surface area contributed by atoms with E-state index >= 15 is 0 Å².